The number of amides is 2. The third-order valence-corrected chi connectivity index (χ3v) is 6.94. The molecule has 0 saturated heterocycles. The van der Waals surface area contributed by atoms with E-state index in [1.165, 1.54) is 13.1 Å². The summed E-state index contributed by atoms with van der Waals surface area (Å²) < 4.78 is 6.37. The van der Waals surface area contributed by atoms with Gasteiger partial charge in [-0.05, 0) is 67.4 Å². The molecule has 188 valence electrons. The van der Waals surface area contributed by atoms with Gasteiger partial charge in [-0.1, -0.05) is 24.3 Å². The van der Waals surface area contributed by atoms with E-state index < -0.39 is 6.09 Å². The van der Waals surface area contributed by atoms with E-state index in [2.05, 4.69) is 0 Å². The van der Waals surface area contributed by atoms with E-state index in [0.29, 0.717) is 34.3 Å². The van der Waals surface area contributed by atoms with Crippen molar-refractivity contribution in [1.82, 2.24) is 4.57 Å². The van der Waals surface area contributed by atoms with Crippen LogP contribution in [0.4, 0.5) is 16.2 Å². The van der Waals surface area contributed by atoms with Crippen molar-refractivity contribution in [3.63, 3.8) is 0 Å². The average Bonchev–Trinajstić information content (AvgIpc) is 3.34. The molecule has 8 nitrogen and oxygen atoms in total. The van der Waals surface area contributed by atoms with Crippen LogP contribution in [0.15, 0.2) is 79.0 Å². The van der Waals surface area contributed by atoms with Gasteiger partial charge in [0, 0.05) is 35.8 Å². The molecule has 2 amide bonds. The van der Waals surface area contributed by atoms with E-state index in [1.807, 2.05) is 37.3 Å². The number of anilines is 2. The Bertz CT molecular complexity index is 1510. The van der Waals surface area contributed by atoms with Crippen molar-refractivity contribution >= 4 is 40.2 Å². The van der Waals surface area contributed by atoms with Gasteiger partial charge in [-0.15, -0.1) is 0 Å². The lowest BCUT2D eigenvalue weighted by molar-refractivity contribution is -0.117. The Morgan fingerprint density at radius 3 is 2.38 bits per heavy atom. The minimum absolute atomic E-state index is 0.129. The zero-order valence-electron chi connectivity index (χ0n) is 20.8. The highest BCUT2D eigenvalue weighted by atomic mass is 16.5. The molecule has 1 aromatic heterocycles. The van der Waals surface area contributed by atoms with Crippen LogP contribution in [-0.4, -0.2) is 40.7 Å². The van der Waals surface area contributed by atoms with Gasteiger partial charge in [0.2, 0.25) is 5.91 Å². The summed E-state index contributed by atoms with van der Waals surface area (Å²) in [6.07, 6.45) is 0.904. The Labute approximate surface area is 214 Å². The maximum absolute atomic E-state index is 13.6. The predicted molar refractivity (Wildman–Crippen MR) is 142 cm³/mol. The predicted octanol–water partition coefficient (Wildman–Crippen LogP) is 5.71. The molecule has 0 unspecified atom stereocenters. The van der Waals surface area contributed by atoms with E-state index in [1.54, 1.807) is 59.4 Å². The lowest BCUT2D eigenvalue weighted by atomic mass is 9.89. The van der Waals surface area contributed by atoms with Crippen molar-refractivity contribution in [1.29, 1.82) is 0 Å². The number of methoxy groups -OCH3 is 1. The third-order valence-electron chi connectivity index (χ3n) is 6.94. The first kappa shape index (κ1) is 24.1. The molecule has 37 heavy (non-hydrogen) atoms. The number of carbonyl (C=O) groups excluding carboxylic acids is 2. The topological polar surface area (TPSA) is 92.1 Å². The van der Waals surface area contributed by atoms with Gasteiger partial charge >= 0.3 is 6.09 Å². The summed E-state index contributed by atoms with van der Waals surface area (Å²) in [5, 5.41) is 10.2. The highest BCUT2D eigenvalue weighted by Crippen LogP contribution is 2.44. The van der Waals surface area contributed by atoms with Gasteiger partial charge in [-0.25, -0.2) is 4.79 Å². The number of carbonyl (C=O) groups is 3. The quantitative estimate of drug-likeness (QED) is 0.390. The molecule has 0 bridgehead atoms. The van der Waals surface area contributed by atoms with E-state index in [9.17, 15) is 19.5 Å². The zero-order chi connectivity index (χ0) is 26.3. The monoisotopic (exact) mass is 497 g/mol. The summed E-state index contributed by atoms with van der Waals surface area (Å²) in [6, 6.07) is 21.1. The minimum atomic E-state index is -1.09. The second kappa shape index (κ2) is 9.46. The molecule has 1 aliphatic rings. The number of para-hydroxylation sites is 1. The molecule has 0 saturated carbocycles. The minimum Gasteiger partial charge on any atom is -0.497 e. The second-order valence-corrected chi connectivity index (χ2v) is 9.13. The average molecular weight is 498 g/mol. The number of ether oxygens (including phenoxy) is 1. The van der Waals surface area contributed by atoms with Crippen LogP contribution in [0.3, 0.4) is 0 Å². The Morgan fingerprint density at radius 2 is 1.70 bits per heavy atom. The molecule has 0 radical (unpaired) electrons. The maximum atomic E-state index is 13.6. The van der Waals surface area contributed by atoms with E-state index in [4.69, 9.17) is 4.74 Å². The maximum Gasteiger partial charge on any atom is 0.416 e. The van der Waals surface area contributed by atoms with Gasteiger partial charge in [0.1, 0.15) is 5.75 Å². The number of rotatable bonds is 4. The summed E-state index contributed by atoms with van der Waals surface area (Å²) in [4.78, 5) is 42.0. The molecule has 2 atom stereocenters. The Hall–Kier alpha value is -4.59. The number of hydrogen-bond donors (Lipinski definition) is 1. The van der Waals surface area contributed by atoms with Crippen molar-refractivity contribution in [2.45, 2.75) is 32.4 Å². The normalized spacial score (nSPS) is 16.8. The second-order valence-electron chi connectivity index (χ2n) is 9.13. The van der Waals surface area contributed by atoms with Gasteiger partial charge < -0.3 is 19.6 Å². The first-order valence-corrected chi connectivity index (χ1v) is 12.0. The van der Waals surface area contributed by atoms with Crippen LogP contribution >= 0.6 is 0 Å². The van der Waals surface area contributed by atoms with Crippen LogP contribution < -0.4 is 14.5 Å². The molecule has 0 aliphatic carbocycles. The molecule has 1 N–H and O–H groups in total. The largest absolute Gasteiger partial charge is 0.497 e. The molecular weight excluding hydrogens is 470 g/mol. The summed E-state index contributed by atoms with van der Waals surface area (Å²) >= 11 is 0. The Morgan fingerprint density at radius 1 is 0.973 bits per heavy atom. The lowest BCUT2D eigenvalue weighted by Crippen LogP contribution is -2.47. The van der Waals surface area contributed by atoms with Crippen molar-refractivity contribution in [3.05, 3.63) is 90.1 Å². The molecule has 0 spiro atoms. The molecule has 3 aromatic carbocycles. The SMILES string of the molecule is COc1ccc(C(=O)N2c3ccccc3[C@H](N(C(C)=O)c3cccc4c3ccn4C(=O)O)C[C@@H]2C)cc1. The van der Waals surface area contributed by atoms with Crippen LogP contribution in [0.1, 0.15) is 42.2 Å². The Balaban J connectivity index is 1.60. The van der Waals surface area contributed by atoms with E-state index in [0.717, 1.165) is 15.8 Å². The molecule has 1 aliphatic heterocycles. The number of benzene rings is 3. The van der Waals surface area contributed by atoms with Crippen LogP contribution in [0.25, 0.3) is 10.9 Å². The van der Waals surface area contributed by atoms with E-state index in [-0.39, 0.29) is 23.9 Å². The van der Waals surface area contributed by atoms with Gasteiger partial charge in [0.05, 0.1) is 24.4 Å². The first-order valence-electron chi connectivity index (χ1n) is 12.0. The third kappa shape index (κ3) is 4.10. The zero-order valence-corrected chi connectivity index (χ0v) is 20.8. The molecule has 2 heterocycles. The molecular formula is C29H27N3O5. The van der Waals surface area contributed by atoms with Gasteiger partial charge in [0.25, 0.3) is 5.91 Å². The molecule has 8 heteroatoms. The van der Waals surface area contributed by atoms with Gasteiger partial charge in [-0.3, -0.25) is 14.2 Å². The molecule has 4 aromatic rings. The first-order chi connectivity index (χ1) is 17.8. The van der Waals surface area contributed by atoms with Crippen LogP contribution in [-0.2, 0) is 4.79 Å². The number of nitrogens with zero attached hydrogens (tertiary/aromatic N) is 3. The molecule has 0 fully saturated rings. The molecule has 5 rings (SSSR count). The Kier molecular flexibility index (Phi) is 6.17. The number of fused-ring (bicyclic) bond motifs is 2. The lowest BCUT2D eigenvalue weighted by Gasteiger charge is -2.43. The van der Waals surface area contributed by atoms with Crippen molar-refractivity contribution in [2.24, 2.45) is 0 Å². The summed E-state index contributed by atoms with van der Waals surface area (Å²) in [6.45, 7) is 3.49. The smallest absolute Gasteiger partial charge is 0.416 e. The highest BCUT2D eigenvalue weighted by Gasteiger charge is 2.38. The van der Waals surface area contributed by atoms with Crippen LogP contribution in [0, 0.1) is 0 Å². The standard InChI is InChI=1S/C29H27N3O5/c1-18-17-27(32(19(2)33)26-10-6-9-24-23(26)15-16-30(24)29(35)36)22-7-4-5-8-25(22)31(18)28(34)20-11-13-21(37-3)14-12-20/h4-16,18,27H,17H2,1-3H3,(H,35,36)/t18-,27+/m0/s1. The van der Waals surface area contributed by atoms with Gasteiger partial charge in [0.15, 0.2) is 0 Å². The van der Waals surface area contributed by atoms with E-state index >= 15 is 0 Å². The summed E-state index contributed by atoms with van der Waals surface area (Å²) in [5.74, 6) is 0.375. The fourth-order valence-corrected chi connectivity index (χ4v) is 5.29. The van der Waals surface area contributed by atoms with Crippen LogP contribution in [0.5, 0.6) is 5.75 Å². The van der Waals surface area contributed by atoms with Gasteiger partial charge in [-0.2, -0.15) is 0 Å². The summed E-state index contributed by atoms with van der Waals surface area (Å²) in [5.41, 5.74) is 3.28. The number of aromatic nitrogens is 1. The highest BCUT2D eigenvalue weighted by molar-refractivity contribution is 6.08. The van der Waals surface area contributed by atoms with Crippen molar-refractivity contribution < 1.29 is 24.2 Å². The number of carboxylic acid groups (broad SMARTS) is 1. The fourth-order valence-electron chi connectivity index (χ4n) is 5.29. The van der Waals surface area contributed by atoms with Crippen molar-refractivity contribution in [2.75, 3.05) is 16.9 Å². The number of hydrogen-bond acceptors (Lipinski definition) is 4. The summed E-state index contributed by atoms with van der Waals surface area (Å²) in [7, 11) is 1.58. The fraction of sp³-hybridized carbons (Fsp3) is 0.207. The van der Waals surface area contributed by atoms with Crippen molar-refractivity contribution in [3.8, 4) is 5.75 Å². The van der Waals surface area contributed by atoms with Crippen LogP contribution in [0.2, 0.25) is 0 Å².